The van der Waals surface area contributed by atoms with Crippen LogP contribution < -0.4 is 0 Å². The minimum Gasteiger partial charge on any atom is -0.176 e. The smallest absolute Gasteiger partial charge is 0.00556 e. The zero-order chi connectivity index (χ0) is 23.1. The summed E-state index contributed by atoms with van der Waals surface area (Å²) in [5.41, 5.74) is 0. The lowest BCUT2D eigenvalue weighted by Gasteiger charge is -2.37. The summed E-state index contributed by atoms with van der Waals surface area (Å²) in [5.74, 6) is 5.58. The molecule has 0 aliphatic carbocycles. The highest BCUT2D eigenvalue weighted by atomic mass is 35.7. The van der Waals surface area contributed by atoms with Gasteiger partial charge in [-0.05, 0) is 117 Å². The van der Waals surface area contributed by atoms with E-state index in [4.69, 9.17) is 55.4 Å². The summed E-state index contributed by atoms with van der Waals surface area (Å²) in [5, 5.41) is 0.369. The molecule has 0 rings (SSSR count). The maximum absolute atomic E-state index is 6.66. The first kappa shape index (κ1) is 31.9. The minimum atomic E-state index is -1.04. The van der Waals surface area contributed by atoms with Gasteiger partial charge in [-0.25, -0.2) is 0 Å². The average molecular weight is 589 g/mol. The van der Waals surface area contributed by atoms with Crippen molar-refractivity contribution in [3.63, 3.8) is 0 Å². The number of hydrogen-bond acceptors (Lipinski definition) is 1. The summed E-state index contributed by atoms with van der Waals surface area (Å²) in [6, 6.07) is 0. The van der Waals surface area contributed by atoms with Crippen LogP contribution in [0.15, 0.2) is 0 Å². The van der Waals surface area contributed by atoms with Crippen LogP contribution in [0.25, 0.3) is 0 Å². The molecule has 0 aromatic carbocycles. The Morgan fingerprint density at radius 2 is 0.931 bits per heavy atom. The van der Waals surface area contributed by atoms with E-state index in [0.29, 0.717) is 17.1 Å². The Kier molecular flexibility index (Phi) is 15.1. The van der Waals surface area contributed by atoms with Crippen molar-refractivity contribution in [3.05, 3.63) is 0 Å². The lowest BCUT2D eigenvalue weighted by Crippen LogP contribution is -2.28. The fourth-order valence-corrected chi connectivity index (χ4v) is 8.66. The molecule has 0 aromatic rings. The van der Waals surface area contributed by atoms with Crippen LogP contribution >= 0.6 is 92.3 Å². The molecule has 0 saturated carbocycles. The second kappa shape index (κ2) is 13.7. The molecule has 3 unspecified atom stereocenters. The predicted octanol–water partition coefficient (Wildman–Crippen LogP) is 9.34. The molecule has 9 heteroatoms. The van der Waals surface area contributed by atoms with Crippen molar-refractivity contribution in [1.29, 1.82) is 0 Å². The molecule has 0 amide bonds. The molecule has 3 atom stereocenters. The summed E-state index contributed by atoms with van der Waals surface area (Å²) in [6.07, 6.45) is 23.4. The van der Waals surface area contributed by atoms with Gasteiger partial charge in [0.05, 0.1) is 0 Å². The average Bonchev–Trinajstić information content (AvgIpc) is 2.46. The molecule has 0 N–H and O–H groups in total. The monoisotopic (exact) mass is 586 g/mol. The molecule has 0 aliphatic rings. The molecule has 29 heavy (non-hydrogen) atoms. The largest absolute Gasteiger partial charge is 0.176 e. The summed E-state index contributed by atoms with van der Waals surface area (Å²) >= 11 is 5.12. The first-order valence-electron chi connectivity index (χ1n) is 10.1. The molecule has 0 bridgehead atoms. The minimum absolute atomic E-state index is 0.369. The molecule has 0 saturated heterocycles. The first-order chi connectivity index (χ1) is 12.8. The molecule has 184 valence electrons. The van der Waals surface area contributed by atoms with Crippen LogP contribution in [0.1, 0.15) is 32.1 Å². The third-order valence-electron chi connectivity index (χ3n) is 5.11. The van der Waals surface area contributed by atoms with Gasteiger partial charge in [-0.1, -0.05) is 42.7 Å². The van der Waals surface area contributed by atoms with Crippen molar-refractivity contribution in [1.82, 2.24) is 0 Å². The number of rotatable bonds is 15. The predicted molar refractivity (Wildman–Crippen MR) is 163 cm³/mol. The van der Waals surface area contributed by atoms with E-state index in [1.165, 1.54) is 19.3 Å². The van der Waals surface area contributed by atoms with Gasteiger partial charge >= 0.3 is 0 Å². The highest BCUT2D eigenvalue weighted by molar-refractivity contribution is 8.51. The van der Waals surface area contributed by atoms with E-state index in [2.05, 4.69) is 50.0 Å². The quantitative estimate of drug-likeness (QED) is 0.181. The molecular formula is C20H46Cl4S5. The fraction of sp³-hybridized carbons (Fsp3) is 1.00. The molecule has 0 fully saturated rings. The standard InChI is InChI=1S/C20H46Cl4S5/c1-26(2,21)14-9-10-18(11-15-27(3,4)22)19(12-16-28(5,6)23)20(25)13-17-29(7,8)24/h18-20,25H,9-17H2,1-8H3. The van der Waals surface area contributed by atoms with Gasteiger partial charge < -0.3 is 0 Å². The summed E-state index contributed by atoms with van der Waals surface area (Å²) < 4.78 is 0. The third-order valence-corrected chi connectivity index (χ3v) is 12.5. The van der Waals surface area contributed by atoms with E-state index in [1.54, 1.807) is 0 Å². The Balaban J connectivity index is 5.38. The number of halogens is 4. The van der Waals surface area contributed by atoms with Gasteiger partial charge in [0.15, 0.2) is 0 Å². The zero-order valence-electron chi connectivity index (χ0n) is 19.7. The van der Waals surface area contributed by atoms with Crippen molar-refractivity contribution in [2.75, 3.05) is 73.1 Å². The summed E-state index contributed by atoms with van der Waals surface area (Å²) in [6.45, 7) is 0. The van der Waals surface area contributed by atoms with Gasteiger partial charge in [0.25, 0.3) is 0 Å². The van der Waals surface area contributed by atoms with Crippen molar-refractivity contribution >= 4 is 92.3 Å². The normalized spacial score (nSPS) is 19.5. The maximum atomic E-state index is 6.66. The van der Waals surface area contributed by atoms with Crippen LogP contribution in [-0.2, 0) is 0 Å². The number of thiol groups is 1. The Labute approximate surface area is 212 Å². The van der Waals surface area contributed by atoms with Gasteiger partial charge in [0.1, 0.15) is 0 Å². The van der Waals surface area contributed by atoms with Crippen LogP contribution in [0.2, 0.25) is 0 Å². The lowest BCUT2D eigenvalue weighted by atomic mass is 9.81. The Morgan fingerprint density at radius 1 is 0.552 bits per heavy atom. The first-order valence-corrected chi connectivity index (χ1v) is 24.4. The summed E-state index contributed by atoms with van der Waals surface area (Å²) in [7, 11) is 22.4. The molecule has 0 heterocycles. The van der Waals surface area contributed by atoms with Crippen LogP contribution in [0.4, 0.5) is 0 Å². The van der Waals surface area contributed by atoms with E-state index in [0.717, 1.165) is 35.9 Å². The van der Waals surface area contributed by atoms with E-state index in [9.17, 15) is 0 Å². The molecule has 0 aliphatic heterocycles. The maximum Gasteiger partial charge on any atom is 0.00556 e. The topological polar surface area (TPSA) is 0 Å². The SMILES string of the molecule is CS(C)(Cl)CCCC(CCS(C)(C)Cl)C(CCS(C)(C)Cl)C(S)CCS(C)(C)Cl. The van der Waals surface area contributed by atoms with Crippen LogP contribution in [0.5, 0.6) is 0 Å². The van der Waals surface area contributed by atoms with Gasteiger partial charge in [0.2, 0.25) is 0 Å². The van der Waals surface area contributed by atoms with Crippen LogP contribution in [0, 0.1) is 11.8 Å². The Bertz CT molecular complexity index is 450. The van der Waals surface area contributed by atoms with E-state index >= 15 is 0 Å². The van der Waals surface area contributed by atoms with E-state index in [-0.39, 0.29) is 0 Å². The van der Waals surface area contributed by atoms with Crippen LogP contribution in [-0.4, -0.2) is 78.3 Å². The highest BCUT2D eigenvalue weighted by Gasteiger charge is 2.30. The Hall–Kier alpha value is 2.91. The molecule has 0 radical (unpaired) electrons. The molecule has 0 nitrogen and oxygen atoms in total. The van der Waals surface area contributed by atoms with Crippen molar-refractivity contribution in [2.24, 2.45) is 11.8 Å². The third kappa shape index (κ3) is 20.0. The summed E-state index contributed by atoms with van der Waals surface area (Å²) in [4.78, 5) is 0. The zero-order valence-corrected chi connectivity index (χ0v) is 26.9. The van der Waals surface area contributed by atoms with Gasteiger partial charge in [0, 0.05) is 5.25 Å². The van der Waals surface area contributed by atoms with Gasteiger partial charge in [-0.2, -0.15) is 49.6 Å². The lowest BCUT2D eigenvalue weighted by molar-refractivity contribution is 0.286. The Morgan fingerprint density at radius 3 is 1.34 bits per heavy atom. The van der Waals surface area contributed by atoms with E-state index < -0.39 is 37.0 Å². The second-order valence-corrected chi connectivity index (χ2v) is 33.5. The van der Waals surface area contributed by atoms with Crippen molar-refractivity contribution < 1.29 is 0 Å². The molecular weight excluding hydrogens is 542 g/mol. The highest BCUT2D eigenvalue weighted by Crippen LogP contribution is 2.52. The number of hydrogen-bond donors (Lipinski definition) is 1. The van der Waals surface area contributed by atoms with E-state index in [1.807, 2.05) is 0 Å². The van der Waals surface area contributed by atoms with Crippen LogP contribution in [0.3, 0.4) is 0 Å². The molecule has 0 aromatic heterocycles. The molecule has 0 spiro atoms. The fourth-order valence-electron chi connectivity index (χ4n) is 3.47. The van der Waals surface area contributed by atoms with Gasteiger partial charge in [-0.3, -0.25) is 0 Å². The van der Waals surface area contributed by atoms with Crippen molar-refractivity contribution in [3.8, 4) is 0 Å². The van der Waals surface area contributed by atoms with Crippen molar-refractivity contribution in [2.45, 2.75) is 37.4 Å². The van der Waals surface area contributed by atoms with Gasteiger partial charge in [-0.15, -0.1) is 0 Å². The second-order valence-electron chi connectivity index (χ2n) is 9.93.